The SMILES string of the molecule is Cc1cccc(/C=C2\SC(=O)NC2=O)c1N1CCC[C@@H](NC(=O)OC(C)(C)C)C1. The van der Waals surface area contributed by atoms with Crippen molar-refractivity contribution in [3.63, 3.8) is 0 Å². The molecule has 8 heteroatoms. The lowest BCUT2D eigenvalue weighted by molar-refractivity contribution is -0.115. The Morgan fingerprint density at radius 3 is 2.76 bits per heavy atom. The molecule has 1 atom stereocenters. The van der Waals surface area contributed by atoms with Gasteiger partial charge in [0.15, 0.2) is 0 Å². The minimum absolute atomic E-state index is 0.0237. The Labute approximate surface area is 175 Å². The van der Waals surface area contributed by atoms with Gasteiger partial charge in [-0.3, -0.25) is 14.9 Å². The molecule has 0 aliphatic carbocycles. The first-order valence-electron chi connectivity index (χ1n) is 9.71. The number of aryl methyl sites for hydroxylation is 1. The lowest BCUT2D eigenvalue weighted by atomic mass is 10.0. The van der Waals surface area contributed by atoms with Gasteiger partial charge in [-0.1, -0.05) is 18.2 Å². The third-order valence-electron chi connectivity index (χ3n) is 4.66. The van der Waals surface area contributed by atoms with Gasteiger partial charge in [-0.15, -0.1) is 0 Å². The molecular weight excluding hydrogens is 390 g/mol. The standard InChI is InChI=1S/C21H27N3O4S/c1-13-7-5-8-14(11-16-18(25)23-20(27)29-16)17(13)24-10-6-9-15(12-24)22-19(26)28-21(2,3)4/h5,7-8,11,15H,6,9-10,12H2,1-4H3,(H,22,26)(H,23,25,27)/b16-11-/t15-/m1/s1. The molecule has 2 aliphatic rings. The Morgan fingerprint density at radius 1 is 1.34 bits per heavy atom. The predicted octanol–water partition coefficient (Wildman–Crippen LogP) is 3.81. The molecule has 0 saturated carbocycles. The van der Waals surface area contributed by atoms with Crippen LogP contribution in [0.3, 0.4) is 0 Å². The molecule has 2 heterocycles. The summed E-state index contributed by atoms with van der Waals surface area (Å²) in [4.78, 5) is 38.2. The summed E-state index contributed by atoms with van der Waals surface area (Å²) in [5.41, 5.74) is 2.44. The van der Waals surface area contributed by atoms with Gasteiger partial charge in [0.25, 0.3) is 11.1 Å². The largest absolute Gasteiger partial charge is 0.444 e. The molecule has 2 saturated heterocycles. The van der Waals surface area contributed by atoms with Crippen molar-refractivity contribution < 1.29 is 19.1 Å². The van der Waals surface area contributed by atoms with Gasteiger partial charge < -0.3 is 15.0 Å². The lowest BCUT2D eigenvalue weighted by Crippen LogP contribution is -2.49. The van der Waals surface area contributed by atoms with Crippen LogP contribution < -0.4 is 15.5 Å². The number of carbonyl (C=O) groups is 3. The normalized spacial score (nSPS) is 21.3. The number of para-hydroxylation sites is 1. The van der Waals surface area contributed by atoms with Gasteiger partial charge in [0.1, 0.15) is 5.60 Å². The van der Waals surface area contributed by atoms with E-state index in [-0.39, 0.29) is 17.2 Å². The highest BCUT2D eigenvalue weighted by molar-refractivity contribution is 8.18. The number of benzene rings is 1. The minimum Gasteiger partial charge on any atom is -0.444 e. The fourth-order valence-electron chi connectivity index (χ4n) is 3.56. The number of hydrogen-bond donors (Lipinski definition) is 2. The second-order valence-electron chi connectivity index (χ2n) is 8.30. The Morgan fingerprint density at radius 2 is 2.10 bits per heavy atom. The zero-order chi connectivity index (χ0) is 21.2. The predicted molar refractivity (Wildman–Crippen MR) is 115 cm³/mol. The second-order valence-corrected chi connectivity index (χ2v) is 9.31. The molecule has 2 fully saturated rings. The van der Waals surface area contributed by atoms with Gasteiger partial charge in [-0.05, 0) is 69.5 Å². The van der Waals surface area contributed by atoms with Crippen molar-refractivity contribution >= 4 is 40.8 Å². The Balaban J connectivity index is 1.79. The van der Waals surface area contributed by atoms with E-state index in [9.17, 15) is 14.4 Å². The highest BCUT2D eigenvalue weighted by atomic mass is 32.2. The summed E-state index contributed by atoms with van der Waals surface area (Å²) >= 11 is 0.913. The van der Waals surface area contributed by atoms with E-state index in [0.717, 1.165) is 48.0 Å². The first-order valence-corrected chi connectivity index (χ1v) is 10.5. The molecule has 0 spiro atoms. The van der Waals surface area contributed by atoms with E-state index in [2.05, 4.69) is 15.5 Å². The van der Waals surface area contributed by atoms with E-state index >= 15 is 0 Å². The maximum atomic E-state index is 12.2. The molecule has 29 heavy (non-hydrogen) atoms. The van der Waals surface area contributed by atoms with E-state index in [1.807, 2.05) is 45.9 Å². The zero-order valence-electron chi connectivity index (χ0n) is 17.2. The quantitative estimate of drug-likeness (QED) is 0.727. The first kappa shape index (κ1) is 21.2. The molecule has 0 aromatic heterocycles. The summed E-state index contributed by atoms with van der Waals surface area (Å²) in [5.74, 6) is -0.365. The van der Waals surface area contributed by atoms with Gasteiger partial charge in [0, 0.05) is 24.8 Å². The van der Waals surface area contributed by atoms with E-state index < -0.39 is 11.7 Å². The van der Waals surface area contributed by atoms with Crippen molar-refractivity contribution in [1.29, 1.82) is 0 Å². The van der Waals surface area contributed by atoms with Crippen LogP contribution in [0.25, 0.3) is 6.08 Å². The molecule has 3 amide bonds. The molecule has 0 bridgehead atoms. The highest BCUT2D eigenvalue weighted by Gasteiger charge is 2.28. The number of ether oxygens (including phenoxy) is 1. The van der Waals surface area contributed by atoms with Crippen LogP contribution in [0, 0.1) is 6.92 Å². The second kappa shape index (κ2) is 8.49. The van der Waals surface area contributed by atoms with Crippen molar-refractivity contribution in [2.24, 2.45) is 0 Å². The molecular formula is C21H27N3O4S. The van der Waals surface area contributed by atoms with Gasteiger partial charge in [-0.2, -0.15) is 0 Å². The summed E-state index contributed by atoms with van der Waals surface area (Å²) < 4.78 is 5.38. The maximum Gasteiger partial charge on any atom is 0.407 e. The third-order valence-corrected chi connectivity index (χ3v) is 5.47. The fourth-order valence-corrected chi connectivity index (χ4v) is 4.24. The number of amides is 3. The number of thioether (sulfide) groups is 1. The van der Waals surface area contributed by atoms with Crippen molar-refractivity contribution in [3.8, 4) is 0 Å². The van der Waals surface area contributed by atoms with Crippen LogP contribution in [-0.4, -0.2) is 42.0 Å². The van der Waals surface area contributed by atoms with Crippen LogP contribution in [0.4, 0.5) is 15.3 Å². The summed E-state index contributed by atoms with van der Waals surface area (Å²) in [6.45, 7) is 9.05. The van der Waals surface area contributed by atoms with Crippen molar-refractivity contribution in [1.82, 2.24) is 10.6 Å². The van der Waals surface area contributed by atoms with Crippen LogP contribution in [0.5, 0.6) is 0 Å². The molecule has 7 nitrogen and oxygen atoms in total. The Hall–Kier alpha value is -2.48. The van der Waals surface area contributed by atoms with Crippen LogP contribution >= 0.6 is 11.8 Å². The number of rotatable bonds is 3. The Bertz CT molecular complexity index is 860. The molecule has 2 N–H and O–H groups in total. The third kappa shape index (κ3) is 5.53. The summed E-state index contributed by atoms with van der Waals surface area (Å²) in [6.07, 6.45) is 3.16. The number of carbonyl (C=O) groups excluding carboxylic acids is 3. The summed E-state index contributed by atoms with van der Waals surface area (Å²) in [7, 11) is 0. The molecule has 3 rings (SSSR count). The highest BCUT2D eigenvalue weighted by Crippen LogP contribution is 2.33. The van der Waals surface area contributed by atoms with Gasteiger partial charge in [0.2, 0.25) is 0 Å². The molecule has 156 valence electrons. The number of piperidine rings is 1. The minimum atomic E-state index is -0.537. The van der Waals surface area contributed by atoms with E-state index in [1.54, 1.807) is 6.08 Å². The number of hydrogen-bond acceptors (Lipinski definition) is 6. The number of nitrogens with one attached hydrogen (secondary N) is 2. The van der Waals surface area contributed by atoms with Crippen molar-refractivity contribution in [2.75, 3.05) is 18.0 Å². The molecule has 0 unspecified atom stereocenters. The number of imide groups is 1. The average Bonchev–Trinajstić information content (AvgIpc) is 2.90. The van der Waals surface area contributed by atoms with Gasteiger partial charge in [-0.25, -0.2) is 4.79 Å². The summed E-state index contributed by atoms with van der Waals surface area (Å²) in [5, 5.41) is 4.91. The van der Waals surface area contributed by atoms with Crippen LogP contribution in [0.2, 0.25) is 0 Å². The molecule has 1 aromatic carbocycles. The molecule has 2 aliphatic heterocycles. The van der Waals surface area contributed by atoms with Gasteiger partial charge in [0.05, 0.1) is 4.91 Å². The fraction of sp³-hybridized carbons (Fsp3) is 0.476. The molecule has 0 radical (unpaired) electrons. The molecule has 1 aromatic rings. The van der Waals surface area contributed by atoms with E-state index in [4.69, 9.17) is 4.74 Å². The van der Waals surface area contributed by atoms with E-state index in [0.29, 0.717) is 11.4 Å². The van der Waals surface area contributed by atoms with Crippen LogP contribution in [0.15, 0.2) is 23.1 Å². The smallest absolute Gasteiger partial charge is 0.407 e. The first-order chi connectivity index (χ1) is 13.6. The number of alkyl carbamates (subject to hydrolysis) is 1. The maximum absolute atomic E-state index is 12.2. The Kier molecular flexibility index (Phi) is 6.21. The summed E-state index contributed by atoms with van der Waals surface area (Å²) in [6, 6.07) is 5.88. The van der Waals surface area contributed by atoms with Crippen LogP contribution in [0.1, 0.15) is 44.7 Å². The lowest BCUT2D eigenvalue weighted by Gasteiger charge is -2.36. The van der Waals surface area contributed by atoms with E-state index in [1.165, 1.54) is 0 Å². The topological polar surface area (TPSA) is 87.7 Å². The van der Waals surface area contributed by atoms with Crippen LogP contribution in [-0.2, 0) is 9.53 Å². The monoisotopic (exact) mass is 417 g/mol. The number of nitrogens with zero attached hydrogens (tertiary/aromatic N) is 1. The van der Waals surface area contributed by atoms with Crippen molar-refractivity contribution in [2.45, 2.75) is 52.2 Å². The van der Waals surface area contributed by atoms with Gasteiger partial charge >= 0.3 is 6.09 Å². The number of anilines is 1. The zero-order valence-corrected chi connectivity index (χ0v) is 18.0. The van der Waals surface area contributed by atoms with Crippen molar-refractivity contribution in [3.05, 3.63) is 34.2 Å². The average molecular weight is 418 g/mol.